The normalized spacial score (nSPS) is 14.3. The number of halogens is 1. The number of hydrogen-bond donors (Lipinski definition) is 0. The van der Waals surface area contributed by atoms with Crippen molar-refractivity contribution >= 4 is 17.2 Å². The van der Waals surface area contributed by atoms with Crippen molar-refractivity contribution in [2.45, 2.75) is 19.8 Å². The monoisotopic (exact) mass is 355 g/mol. The lowest BCUT2D eigenvalue weighted by molar-refractivity contribution is 0.210. The van der Waals surface area contributed by atoms with Gasteiger partial charge < -0.3 is 4.90 Å². The number of hydrogen-bond acceptors (Lipinski definition) is 4. The summed E-state index contributed by atoms with van der Waals surface area (Å²) in [6, 6.07) is 4.19. The molecule has 0 saturated carbocycles. The first kappa shape index (κ1) is 16.4. The minimum absolute atomic E-state index is 0.307. The average molecular weight is 355 g/mol. The van der Waals surface area contributed by atoms with Gasteiger partial charge in [-0.05, 0) is 43.5 Å². The van der Waals surface area contributed by atoms with Crippen LogP contribution in [0.25, 0.3) is 22.6 Å². The van der Waals surface area contributed by atoms with Gasteiger partial charge in [0, 0.05) is 25.7 Å². The molecule has 0 aliphatic carbocycles. The number of amides is 1. The van der Waals surface area contributed by atoms with Crippen molar-refractivity contribution in [3.63, 3.8) is 0 Å². The van der Waals surface area contributed by atoms with Gasteiger partial charge in [0.05, 0.1) is 6.20 Å². The molecule has 8 heteroatoms. The lowest BCUT2D eigenvalue weighted by Gasteiger charge is -2.14. The molecule has 2 aromatic heterocycles. The highest BCUT2D eigenvalue weighted by molar-refractivity contribution is 5.88. The molecule has 3 heterocycles. The molecule has 134 valence electrons. The number of nitrogens with zero attached hydrogens (tertiary/aromatic N) is 5. The Bertz CT molecular complexity index is 1060. The Balaban J connectivity index is 1.86. The number of rotatable bonds is 1. The van der Waals surface area contributed by atoms with Crippen LogP contribution in [0, 0.1) is 12.7 Å². The molecule has 0 N–H and O–H groups in total. The van der Waals surface area contributed by atoms with Gasteiger partial charge >= 0.3 is 11.7 Å². The summed E-state index contributed by atoms with van der Waals surface area (Å²) in [5.74, 6) is -0.0687. The van der Waals surface area contributed by atoms with Crippen molar-refractivity contribution in [3.8, 4) is 11.4 Å². The highest BCUT2D eigenvalue weighted by atomic mass is 19.1. The van der Waals surface area contributed by atoms with Crippen molar-refractivity contribution in [3.05, 3.63) is 46.3 Å². The van der Waals surface area contributed by atoms with Crippen molar-refractivity contribution in [2.24, 2.45) is 7.05 Å². The van der Waals surface area contributed by atoms with E-state index in [0.717, 1.165) is 23.0 Å². The molecular weight excluding hydrogens is 337 g/mol. The largest absolute Gasteiger partial charge is 0.338 e. The van der Waals surface area contributed by atoms with Gasteiger partial charge in [0.2, 0.25) is 0 Å². The molecule has 0 spiro atoms. The average Bonchev–Trinajstić information content (AvgIpc) is 3.22. The second-order valence-corrected chi connectivity index (χ2v) is 6.57. The first-order valence-electron chi connectivity index (χ1n) is 8.47. The van der Waals surface area contributed by atoms with Crippen LogP contribution >= 0.6 is 0 Å². The minimum atomic E-state index is -0.459. The zero-order valence-electron chi connectivity index (χ0n) is 14.6. The molecule has 7 nitrogen and oxygen atoms in total. The minimum Gasteiger partial charge on any atom is -0.324 e. The maximum atomic E-state index is 13.7. The third-order valence-corrected chi connectivity index (χ3v) is 4.66. The van der Waals surface area contributed by atoms with Gasteiger partial charge in [0.15, 0.2) is 11.5 Å². The molecule has 1 aromatic carbocycles. The number of carbonyl (C=O) groups excluding carboxylic acids is 1. The van der Waals surface area contributed by atoms with Crippen LogP contribution in [-0.4, -0.2) is 43.1 Å². The molecule has 26 heavy (non-hydrogen) atoms. The molecule has 0 unspecified atom stereocenters. The molecule has 0 atom stereocenters. The molecule has 1 amide bonds. The standard InChI is InChI=1S/C18H18FN5O2/c1-11-7-12(9-13(19)8-11)15-20-10-14-16(21-15)22(2)17(25)24(14)18(26)23-5-3-4-6-23/h7-10H,3-6H2,1-2H3. The maximum Gasteiger partial charge on any atom is 0.338 e. The van der Waals surface area contributed by atoms with Crippen LogP contribution in [0.2, 0.25) is 0 Å². The third-order valence-electron chi connectivity index (χ3n) is 4.66. The van der Waals surface area contributed by atoms with E-state index in [1.54, 1.807) is 24.9 Å². The molecular formula is C18H18FN5O2. The van der Waals surface area contributed by atoms with Crippen molar-refractivity contribution in [2.75, 3.05) is 13.1 Å². The van der Waals surface area contributed by atoms with Crippen LogP contribution in [0.5, 0.6) is 0 Å². The van der Waals surface area contributed by atoms with E-state index in [-0.39, 0.29) is 11.8 Å². The molecule has 3 aromatic rings. The Hall–Kier alpha value is -3.03. The summed E-state index contributed by atoms with van der Waals surface area (Å²) in [4.78, 5) is 35.6. The van der Waals surface area contributed by atoms with Crippen molar-refractivity contribution < 1.29 is 9.18 Å². The van der Waals surface area contributed by atoms with E-state index < -0.39 is 5.69 Å². The van der Waals surface area contributed by atoms with Gasteiger partial charge in [-0.15, -0.1) is 0 Å². The Morgan fingerprint density at radius 3 is 2.62 bits per heavy atom. The van der Waals surface area contributed by atoms with Gasteiger partial charge in [-0.1, -0.05) is 0 Å². The summed E-state index contributed by atoms with van der Waals surface area (Å²) >= 11 is 0. The predicted molar refractivity (Wildman–Crippen MR) is 94.5 cm³/mol. The summed E-state index contributed by atoms with van der Waals surface area (Å²) in [5, 5.41) is 0. The van der Waals surface area contributed by atoms with Crippen LogP contribution < -0.4 is 5.69 Å². The van der Waals surface area contributed by atoms with Crippen molar-refractivity contribution in [1.82, 2.24) is 24.0 Å². The molecule has 0 radical (unpaired) electrons. The quantitative estimate of drug-likeness (QED) is 0.671. The predicted octanol–water partition coefficient (Wildman–Crippen LogP) is 2.31. The fraction of sp³-hybridized carbons (Fsp3) is 0.333. The second kappa shape index (κ2) is 6.05. The van der Waals surface area contributed by atoms with Gasteiger partial charge in [-0.2, -0.15) is 0 Å². The summed E-state index contributed by atoms with van der Waals surface area (Å²) in [6.45, 7) is 3.07. The Morgan fingerprint density at radius 1 is 1.19 bits per heavy atom. The van der Waals surface area contributed by atoms with E-state index in [1.807, 2.05) is 0 Å². The summed E-state index contributed by atoms with van der Waals surface area (Å²) in [7, 11) is 1.56. The number of benzene rings is 1. The first-order valence-corrected chi connectivity index (χ1v) is 8.47. The van der Waals surface area contributed by atoms with Gasteiger partial charge in [-0.3, -0.25) is 4.57 Å². The topological polar surface area (TPSA) is 73.0 Å². The third kappa shape index (κ3) is 2.58. The number of fused-ring (bicyclic) bond motifs is 1. The summed E-state index contributed by atoms with van der Waals surface area (Å²) in [6.07, 6.45) is 3.32. The van der Waals surface area contributed by atoms with Crippen molar-refractivity contribution in [1.29, 1.82) is 0 Å². The van der Waals surface area contributed by atoms with Crippen LogP contribution in [0.1, 0.15) is 18.4 Å². The second-order valence-electron chi connectivity index (χ2n) is 6.57. The van der Waals surface area contributed by atoms with Gasteiger partial charge in [0.1, 0.15) is 11.3 Å². The number of likely N-dealkylation sites (tertiary alicyclic amines) is 1. The Labute approximate surface area is 148 Å². The lowest BCUT2D eigenvalue weighted by atomic mass is 10.1. The zero-order chi connectivity index (χ0) is 18.4. The summed E-state index contributed by atoms with van der Waals surface area (Å²) in [5.41, 5.74) is 1.51. The number of carbonyl (C=O) groups is 1. The molecule has 1 aliphatic heterocycles. The Kier molecular flexibility index (Phi) is 3.82. The van der Waals surface area contributed by atoms with E-state index in [0.29, 0.717) is 35.6 Å². The molecule has 1 fully saturated rings. The SMILES string of the molecule is Cc1cc(F)cc(-c2ncc3c(n2)n(C)c(=O)n3C(=O)N2CCCC2)c1. The van der Waals surface area contributed by atoms with Gasteiger partial charge in [0.25, 0.3) is 0 Å². The molecule has 1 saturated heterocycles. The highest BCUT2D eigenvalue weighted by Crippen LogP contribution is 2.21. The van der Waals surface area contributed by atoms with E-state index in [9.17, 15) is 14.0 Å². The Morgan fingerprint density at radius 2 is 1.92 bits per heavy atom. The van der Waals surface area contributed by atoms with E-state index in [2.05, 4.69) is 9.97 Å². The van der Waals surface area contributed by atoms with Crippen LogP contribution in [0.3, 0.4) is 0 Å². The van der Waals surface area contributed by atoms with E-state index >= 15 is 0 Å². The number of aromatic nitrogens is 4. The lowest BCUT2D eigenvalue weighted by Crippen LogP contribution is -2.38. The first-order chi connectivity index (χ1) is 12.5. The van der Waals surface area contributed by atoms with Crippen LogP contribution in [0.4, 0.5) is 9.18 Å². The fourth-order valence-electron chi connectivity index (χ4n) is 3.35. The fourth-order valence-corrected chi connectivity index (χ4v) is 3.35. The van der Waals surface area contributed by atoms with Gasteiger partial charge in [-0.25, -0.2) is 28.5 Å². The number of aryl methyl sites for hydroxylation is 2. The highest BCUT2D eigenvalue weighted by Gasteiger charge is 2.25. The molecule has 0 bridgehead atoms. The number of imidazole rings is 1. The smallest absolute Gasteiger partial charge is 0.324 e. The summed E-state index contributed by atoms with van der Waals surface area (Å²) < 4.78 is 16.1. The van der Waals surface area contributed by atoms with E-state index in [1.165, 1.54) is 22.9 Å². The zero-order valence-corrected chi connectivity index (χ0v) is 14.6. The maximum absolute atomic E-state index is 13.7. The van der Waals surface area contributed by atoms with Crippen LogP contribution in [-0.2, 0) is 7.05 Å². The molecule has 1 aliphatic rings. The van der Waals surface area contributed by atoms with E-state index in [4.69, 9.17) is 0 Å². The van der Waals surface area contributed by atoms with Crippen LogP contribution in [0.15, 0.2) is 29.2 Å². The molecule has 4 rings (SSSR count).